The molecule has 0 aliphatic heterocycles. The van der Waals surface area contributed by atoms with Crippen molar-refractivity contribution in [2.24, 2.45) is 29.6 Å². The maximum Gasteiger partial charge on any atom is 0.419 e. The van der Waals surface area contributed by atoms with E-state index in [4.69, 9.17) is 4.74 Å². The summed E-state index contributed by atoms with van der Waals surface area (Å²) in [4.78, 5) is 31.2. The Labute approximate surface area is 282 Å². The standard InChI is InChI=1S/C25H23F4N3O3S.C10H22S/c1-11-30-17-7-8-18(35-2)20(22(17)36-11)24(34)32-21-13-4-3-12(9-13)19(21)23(33)31-14-5-6-16(26)15(10-14)25(27,28)29;1-5-6-9(2)7-10(3)8-11-4/h5-8,10,12-13,19,21H,3-4,9H2,1-2H3,(H,31,33)(H,32,34);9-10H,5-8H2,1-4H3/t12?,13-,19?,21?;/m0./s1. The van der Waals surface area contributed by atoms with Crippen LogP contribution in [0.15, 0.2) is 30.3 Å². The average molecular weight is 696 g/mol. The van der Waals surface area contributed by atoms with Crippen LogP contribution in [-0.2, 0) is 11.0 Å². The largest absolute Gasteiger partial charge is 0.496 e. The summed E-state index contributed by atoms with van der Waals surface area (Å²) in [5.41, 5.74) is -0.579. The Hall–Kier alpha value is -2.86. The molecule has 47 heavy (non-hydrogen) atoms. The number of methoxy groups -OCH3 is 1. The number of aryl methyl sites for hydroxylation is 1. The highest BCUT2D eigenvalue weighted by Crippen LogP contribution is 2.49. The van der Waals surface area contributed by atoms with Gasteiger partial charge in [-0.3, -0.25) is 9.59 Å². The van der Waals surface area contributed by atoms with Crippen molar-refractivity contribution in [2.45, 2.75) is 78.4 Å². The number of halogens is 4. The monoisotopic (exact) mass is 695 g/mol. The van der Waals surface area contributed by atoms with Crippen LogP contribution in [0.5, 0.6) is 5.75 Å². The van der Waals surface area contributed by atoms with Gasteiger partial charge in [0, 0.05) is 11.7 Å². The summed E-state index contributed by atoms with van der Waals surface area (Å²) in [6.07, 6.45) is 3.83. The summed E-state index contributed by atoms with van der Waals surface area (Å²) in [6, 6.07) is 5.33. The molecule has 2 saturated carbocycles. The lowest BCUT2D eigenvalue weighted by Crippen LogP contribution is -2.48. The van der Waals surface area contributed by atoms with Gasteiger partial charge < -0.3 is 15.4 Å². The quantitative estimate of drug-likeness (QED) is 0.196. The first-order valence-electron chi connectivity index (χ1n) is 16.2. The van der Waals surface area contributed by atoms with Crippen LogP contribution >= 0.6 is 23.1 Å². The van der Waals surface area contributed by atoms with E-state index in [-0.39, 0.29) is 17.5 Å². The molecule has 3 aromatic rings. The van der Waals surface area contributed by atoms with Crippen molar-refractivity contribution in [1.29, 1.82) is 0 Å². The minimum absolute atomic E-state index is 0.00817. The number of alkyl halides is 3. The molecule has 2 bridgehead atoms. The number of ether oxygens (including phenoxy) is 1. The van der Waals surface area contributed by atoms with Gasteiger partial charge in [0.25, 0.3) is 5.91 Å². The molecule has 2 N–H and O–H groups in total. The summed E-state index contributed by atoms with van der Waals surface area (Å²) in [6.45, 7) is 8.85. The van der Waals surface area contributed by atoms with Gasteiger partial charge in [-0.25, -0.2) is 9.37 Å². The van der Waals surface area contributed by atoms with Gasteiger partial charge in [0.05, 0.1) is 33.8 Å². The van der Waals surface area contributed by atoms with Gasteiger partial charge in [0.2, 0.25) is 5.91 Å². The highest BCUT2D eigenvalue weighted by Gasteiger charge is 2.51. The molecule has 6 nitrogen and oxygen atoms in total. The van der Waals surface area contributed by atoms with Crippen molar-refractivity contribution >= 4 is 50.8 Å². The molecular weight excluding hydrogens is 651 g/mol. The van der Waals surface area contributed by atoms with Crippen molar-refractivity contribution in [2.75, 3.05) is 24.4 Å². The lowest BCUT2D eigenvalue weighted by atomic mass is 9.83. The first-order chi connectivity index (χ1) is 22.3. The number of thioether (sulfide) groups is 1. The average Bonchev–Trinajstić information content (AvgIpc) is 3.71. The topological polar surface area (TPSA) is 80.3 Å². The fourth-order valence-electron chi connectivity index (χ4n) is 7.27. The summed E-state index contributed by atoms with van der Waals surface area (Å²) < 4.78 is 59.1. The van der Waals surface area contributed by atoms with Crippen LogP contribution in [0.25, 0.3) is 10.2 Å². The van der Waals surface area contributed by atoms with E-state index < -0.39 is 41.3 Å². The van der Waals surface area contributed by atoms with Gasteiger partial charge in [-0.2, -0.15) is 24.9 Å². The number of thiazole rings is 1. The number of anilines is 1. The number of benzene rings is 2. The van der Waals surface area contributed by atoms with Crippen molar-refractivity contribution in [3.8, 4) is 5.75 Å². The first kappa shape index (κ1) is 37.0. The number of hydrogen-bond acceptors (Lipinski definition) is 6. The predicted octanol–water partition coefficient (Wildman–Crippen LogP) is 9.37. The molecule has 5 unspecified atom stereocenters. The van der Waals surface area contributed by atoms with E-state index in [1.165, 1.54) is 43.5 Å². The fraction of sp³-hybridized carbons (Fsp3) is 0.571. The van der Waals surface area contributed by atoms with E-state index in [2.05, 4.69) is 42.6 Å². The van der Waals surface area contributed by atoms with Crippen LogP contribution in [0.2, 0.25) is 0 Å². The van der Waals surface area contributed by atoms with Gasteiger partial charge in [-0.1, -0.05) is 33.6 Å². The van der Waals surface area contributed by atoms with Gasteiger partial charge >= 0.3 is 6.18 Å². The van der Waals surface area contributed by atoms with Crippen molar-refractivity contribution in [1.82, 2.24) is 10.3 Å². The molecule has 5 rings (SSSR count). The zero-order valence-electron chi connectivity index (χ0n) is 27.8. The van der Waals surface area contributed by atoms with E-state index in [0.717, 1.165) is 42.2 Å². The zero-order chi connectivity index (χ0) is 34.5. The number of carbonyl (C=O) groups is 2. The Morgan fingerprint density at radius 2 is 1.85 bits per heavy atom. The first-order valence-corrected chi connectivity index (χ1v) is 18.4. The van der Waals surface area contributed by atoms with Crippen LogP contribution in [0.4, 0.5) is 23.2 Å². The Bertz CT molecular complexity index is 1540. The minimum atomic E-state index is -4.89. The van der Waals surface area contributed by atoms with E-state index in [0.29, 0.717) is 33.7 Å². The third-order valence-corrected chi connectivity index (χ3v) is 11.1. The third kappa shape index (κ3) is 8.99. The summed E-state index contributed by atoms with van der Waals surface area (Å²) >= 11 is 3.34. The highest BCUT2D eigenvalue weighted by molar-refractivity contribution is 7.98. The van der Waals surface area contributed by atoms with Crippen LogP contribution < -0.4 is 15.4 Å². The van der Waals surface area contributed by atoms with Crippen molar-refractivity contribution < 1.29 is 31.9 Å². The number of fused-ring (bicyclic) bond motifs is 3. The number of amides is 2. The van der Waals surface area contributed by atoms with E-state index >= 15 is 0 Å². The molecule has 2 fully saturated rings. The Kier molecular flexibility index (Phi) is 12.6. The van der Waals surface area contributed by atoms with Crippen LogP contribution in [0.3, 0.4) is 0 Å². The Balaban J connectivity index is 0.000000391. The molecule has 2 aliphatic carbocycles. The molecule has 6 atom stereocenters. The van der Waals surface area contributed by atoms with Crippen LogP contribution in [-0.4, -0.2) is 42.0 Å². The molecular formula is C35H45F4N3O3S2. The summed E-state index contributed by atoms with van der Waals surface area (Å²) in [5.74, 6) is 0.699. The molecule has 1 aromatic heterocycles. The number of hydrogen-bond donors (Lipinski definition) is 2. The van der Waals surface area contributed by atoms with Gasteiger partial charge in [0.1, 0.15) is 17.1 Å². The number of nitrogens with zero attached hydrogens (tertiary/aromatic N) is 1. The molecule has 258 valence electrons. The van der Waals surface area contributed by atoms with Gasteiger partial charge in [0.15, 0.2) is 0 Å². The minimum Gasteiger partial charge on any atom is -0.496 e. The van der Waals surface area contributed by atoms with E-state index in [1.54, 1.807) is 12.1 Å². The molecule has 12 heteroatoms. The molecule has 1 heterocycles. The fourth-order valence-corrected chi connectivity index (χ4v) is 8.92. The van der Waals surface area contributed by atoms with E-state index in [9.17, 15) is 27.2 Å². The molecule has 0 saturated heterocycles. The SMILES string of the molecule is CCCC(C)CC(C)CSC.COc1ccc2nc(C)sc2c1C(=O)NC1C(C(=O)Nc2ccc(F)c(C(F)(F)F)c2)C2CC[C@H]1C2. The third-order valence-electron chi connectivity index (χ3n) is 9.17. The normalized spacial score (nSPS) is 21.6. The van der Waals surface area contributed by atoms with Crippen LogP contribution in [0.1, 0.15) is 80.2 Å². The Morgan fingerprint density at radius 1 is 1.13 bits per heavy atom. The number of carbonyl (C=O) groups excluding carboxylic acids is 2. The lowest BCUT2D eigenvalue weighted by molar-refractivity contribution is -0.140. The number of rotatable bonds is 11. The van der Waals surface area contributed by atoms with E-state index in [1.807, 2.05) is 18.7 Å². The van der Waals surface area contributed by atoms with Crippen LogP contribution in [0, 0.1) is 42.3 Å². The smallest absolute Gasteiger partial charge is 0.419 e. The molecule has 2 amide bonds. The Morgan fingerprint density at radius 3 is 2.51 bits per heavy atom. The molecule has 0 radical (unpaired) electrons. The molecule has 2 aliphatic rings. The predicted molar refractivity (Wildman–Crippen MR) is 183 cm³/mol. The molecule has 2 aromatic carbocycles. The van der Waals surface area contributed by atoms with Crippen molar-refractivity contribution in [3.63, 3.8) is 0 Å². The summed E-state index contributed by atoms with van der Waals surface area (Å²) in [7, 11) is 1.47. The maximum atomic E-state index is 13.7. The van der Waals surface area contributed by atoms with Gasteiger partial charge in [-0.05, 0) is 98.6 Å². The second kappa shape index (κ2) is 16.0. The highest BCUT2D eigenvalue weighted by atomic mass is 32.2. The summed E-state index contributed by atoms with van der Waals surface area (Å²) in [5, 5.41) is 6.33. The zero-order valence-corrected chi connectivity index (χ0v) is 29.4. The van der Waals surface area contributed by atoms with Gasteiger partial charge in [-0.15, -0.1) is 11.3 Å². The second-order valence-corrected chi connectivity index (χ2v) is 15.1. The number of aromatic nitrogens is 1. The van der Waals surface area contributed by atoms with Crippen molar-refractivity contribution in [3.05, 3.63) is 52.3 Å². The maximum absolute atomic E-state index is 13.7. The lowest BCUT2D eigenvalue weighted by Gasteiger charge is -2.31. The number of nitrogens with one attached hydrogen (secondary N) is 2. The molecule has 0 spiro atoms. The second-order valence-electron chi connectivity index (χ2n) is 13.0.